The fraction of sp³-hybridized carbons (Fsp3) is 0.500. The van der Waals surface area contributed by atoms with Crippen molar-refractivity contribution in [1.82, 2.24) is 0 Å². The van der Waals surface area contributed by atoms with Gasteiger partial charge in [-0.1, -0.05) is 11.6 Å². The van der Waals surface area contributed by atoms with E-state index in [4.69, 9.17) is 16.3 Å². The van der Waals surface area contributed by atoms with Crippen LogP contribution in [-0.2, 0) is 4.79 Å². The number of benzene rings is 1. The third-order valence-corrected chi connectivity index (χ3v) is 3.53. The van der Waals surface area contributed by atoms with Crippen LogP contribution in [-0.4, -0.2) is 12.4 Å². The van der Waals surface area contributed by atoms with E-state index in [9.17, 15) is 4.79 Å². The van der Waals surface area contributed by atoms with Gasteiger partial charge in [-0.25, -0.2) is 0 Å². The first-order valence-corrected chi connectivity index (χ1v) is 6.46. The number of hydrogen-bond acceptors (Lipinski definition) is 2. The van der Waals surface area contributed by atoms with Gasteiger partial charge in [-0.3, -0.25) is 4.79 Å². The molecule has 1 unspecified atom stereocenters. The topological polar surface area (TPSA) is 26.3 Å². The fourth-order valence-corrected chi connectivity index (χ4v) is 2.51. The van der Waals surface area contributed by atoms with Gasteiger partial charge in [0.05, 0.1) is 6.61 Å². The fourth-order valence-electron chi connectivity index (χ4n) is 2.28. The first-order chi connectivity index (χ1) is 8.16. The molecule has 3 heteroatoms. The van der Waals surface area contributed by atoms with Gasteiger partial charge in [-0.2, -0.15) is 0 Å². The summed E-state index contributed by atoms with van der Waals surface area (Å²) in [6.07, 6.45) is 3.66. The van der Waals surface area contributed by atoms with E-state index in [0.717, 1.165) is 42.0 Å². The Morgan fingerprint density at radius 3 is 2.94 bits per heavy atom. The minimum Gasteiger partial charge on any atom is -0.493 e. The van der Waals surface area contributed by atoms with Crippen LogP contribution in [0.5, 0.6) is 5.75 Å². The van der Waals surface area contributed by atoms with Crippen molar-refractivity contribution in [2.45, 2.75) is 32.6 Å². The summed E-state index contributed by atoms with van der Waals surface area (Å²) in [5.74, 6) is 1.49. The van der Waals surface area contributed by atoms with Gasteiger partial charge in [0.15, 0.2) is 0 Å². The lowest BCUT2D eigenvalue weighted by atomic mass is 10.0. The highest BCUT2D eigenvalue weighted by Crippen LogP contribution is 2.26. The molecular formula is C14H17ClO2. The van der Waals surface area contributed by atoms with E-state index in [1.165, 1.54) is 0 Å². The normalized spacial score (nSPS) is 19.6. The highest BCUT2D eigenvalue weighted by Gasteiger charge is 2.23. The Morgan fingerprint density at radius 1 is 1.47 bits per heavy atom. The molecule has 0 bridgehead atoms. The van der Waals surface area contributed by atoms with Gasteiger partial charge in [-0.15, -0.1) is 0 Å². The predicted molar refractivity (Wildman–Crippen MR) is 68.6 cm³/mol. The van der Waals surface area contributed by atoms with E-state index in [2.05, 4.69) is 0 Å². The van der Waals surface area contributed by atoms with Crippen molar-refractivity contribution in [3.05, 3.63) is 28.8 Å². The Bertz CT molecular complexity index is 415. The monoisotopic (exact) mass is 252 g/mol. The second-order valence-corrected chi connectivity index (χ2v) is 5.04. The molecule has 1 aromatic carbocycles. The Morgan fingerprint density at radius 2 is 2.29 bits per heavy atom. The zero-order chi connectivity index (χ0) is 12.3. The molecule has 17 heavy (non-hydrogen) atoms. The van der Waals surface area contributed by atoms with Gasteiger partial charge in [-0.05, 0) is 49.9 Å². The van der Waals surface area contributed by atoms with E-state index in [0.29, 0.717) is 12.4 Å². The van der Waals surface area contributed by atoms with Crippen LogP contribution < -0.4 is 4.74 Å². The van der Waals surface area contributed by atoms with Crippen LogP contribution in [0, 0.1) is 12.8 Å². The molecular weight excluding hydrogens is 236 g/mol. The molecule has 0 aromatic heterocycles. The molecule has 1 atom stereocenters. The van der Waals surface area contributed by atoms with E-state index in [-0.39, 0.29) is 5.92 Å². The molecule has 1 aliphatic rings. The average molecular weight is 253 g/mol. The zero-order valence-electron chi connectivity index (χ0n) is 10.0. The molecule has 0 heterocycles. The third-order valence-electron chi connectivity index (χ3n) is 3.29. The van der Waals surface area contributed by atoms with Crippen molar-refractivity contribution in [2.24, 2.45) is 5.92 Å². The molecule has 0 radical (unpaired) electrons. The number of Topliss-reactive ketones (excluding diaryl/α,β-unsaturated/α-hetero) is 1. The van der Waals surface area contributed by atoms with Crippen molar-refractivity contribution in [3.8, 4) is 5.75 Å². The van der Waals surface area contributed by atoms with Crippen LogP contribution in [0.4, 0.5) is 0 Å². The van der Waals surface area contributed by atoms with Crippen LogP contribution in [0.2, 0.25) is 5.02 Å². The Hall–Kier alpha value is -1.02. The molecule has 0 saturated heterocycles. The van der Waals surface area contributed by atoms with Crippen LogP contribution in [0.15, 0.2) is 18.2 Å². The van der Waals surface area contributed by atoms with Crippen molar-refractivity contribution >= 4 is 17.4 Å². The first-order valence-electron chi connectivity index (χ1n) is 6.08. The summed E-state index contributed by atoms with van der Waals surface area (Å²) in [4.78, 5) is 11.5. The maximum atomic E-state index is 11.5. The summed E-state index contributed by atoms with van der Waals surface area (Å²) in [5, 5.41) is 0.723. The van der Waals surface area contributed by atoms with E-state index in [1.807, 2.05) is 25.1 Å². The molecule has 0 N–H and O–H groups in total. The Balaban J connectivity index is 1.83. The number of aryl methyl sites for hydroxylation is 1. The number of hydrogen-bond donors (Lipinski definition) is 0. The van der Waals surface area contributed by atoms with Crippen molar-refractivity contribution in [3.63, 3.8) is 0 Å². The number of carbonyl (C=O) groups is 1. The molecule has 0 amide bonds. The number of ether oxygens (including phenoxy) is 1. The van der Waals surface area contributed by atoms with E-state index < -0.39 is 0 Å². The van der Waals surface area contributed by atoms with E-state index in [1.54, 1.807) is 0 Å². The van der Waals surface area contributed by atoms with Crippen LogP contribution >= 0.6 is 11.6 Å². The summed E-state index contributed by atoms with van der Waals surface area (Å²) in [7, 11) is 0. The van der Waals surface area contributed by atoms with Gasteiger partial charge < -0.3 is 4.74 Å². The Kier molecular flexibility index (Phi) is 4.06. The molecule has 2 rings (SSSR count). The minimum absolute atomic E-state index is 0.225. The molecule has 92 valence electrons. The highest BCUT2D eigenvalue weighted by molar-refractivity contribution is 6.30. The van der Waals surface area contributed by atoms with Gasteiger partial charge in [0.25, 0.3) is 0 Å². The summed E-state index contributed by atoms with van der Waals surface area (Å²) in [6, 6.07) is 5.59. The van der Waals surface area contributed by atoms with Gasteiger partial charge in [0.1, 0.15) is 11.5 Å². The van der Waals surface area contributed by atoms with Gasteiger partial charge >= 0.3 is 0 Å². The van der Waals surface area contributed by atoms with Crippen molar-refractivity contribution in [2.75, 3.05) is 6.61 Å². The molecule has 1 fully saturated rings. The maximum absolute atomic E-state index is 11.5. The third kappa shape index (κ3) is 3.22. The SMILES string of the molecule is Cc1cc(Cl)ccc1OCCC1CCCC1=O. The van der Waals surface area contributed by atoms with Crippen molar-refractivity contribution in [1.29, 1.82) is 0 Å². The largest absolute Gasteiger partial charge is 0.493 e. The molecule has 0 aliphatic heterocycles. The predicted octanol–water partition coefficient (Wildman–Crippen LogP) is 3.79. The van der Waals surface area contributed by atoms with E-state index >= 15 is 0 Å². The number of ketones is 1. The number of rotatable bonds is 4. The zero-order valence-corrected chi connectivity index (χ0v) is 10.8. The number of carbonyl (C=O) groups excluding carboxylic acids is 1. The lowest BCUT2D eigenvalue weighted by Crippen LogP contribution is -2.11. The second-order valence-electron chi connectivity index (χ2n) is 4.60. The molecule has 2 nitrogen and oxygen atoms in total. The van der Waals surface area contributed by atoms with Crippen LogP contribution in [0.3, 0.4) is 0 Å². The first kappa shape index (κ1) is 12.4. The molecule has 1 aromatic rings. The lowest BCUT2D eigenvalue weighted by Gasteiger charge is -2.11. The highest BCUT2D eigenvalue weighted by atomic mass is 35.5. The van der Waals surface area contributed by atoms with Gasteiger partial charge in [0.2, 0.25) is 0 Å². The molecule has 1 saturated carbocycles. The van der Waals surface area contributed by atoms with Crippen molar-refractivity contribution < 1.29 is 9.53 Å². The van der Waals surface area contributed by atoms with Gasteiger partial charge in [0, 0.05) is 17.4 Å². The second kappa shape index (κ2) is 5.54. The summed E-state index contributed by atoms with van der Waals surface area (Å²) < 4.78 is 5.69. The Labute approximate surface area is 107 Å². The average Bonchev–Trinajstić information content (AvgIpc) is 2.68. The number of halogens is 1. The molecule has 0 spiro atoms. The van der Waals surface area contributed by atoms with Crippen LogP contribution in [0.1, 0.15) is 31.2 Å². The smallest absolute Gasteiger partial charge is 0.136 e. The summed E-state index contributed by atoms with van der Waals surface area (Å²) in [5.41, 5.74) is 1.04. The quantitative estimate of drug-likeness (QED) is 0.815. The standard InChI is InChI=1S/C14H17ClO2/c1-10-9-12(15)5-6-14(10)17-8-7-11-3-2-4-13(11)16/h5-6,9,11H,2-4,7-8H2,1H3. The summed E-state index contributed by atoms with van der Waals surface area (Å²) in [6.45, 7) is 2.58. The maximum Gasteiger partial charge on any atom is 0.136 e. The molecule has 1 aliphatic carbocycles. The lowest BCUT2D eigenvalue weighted by molar-refractivity contribution is -0.121. The summed E-state index contributed by atoms with van der Waals surface area (Å²) >= 11 is 5.87. The van der Waals surface area contributed by atoms with Crippen LogP contribution in [0.25, 0.3) is 0 Å². The minimum atomic E-state index is 0.225.